The van der Waals surface area contributed by atoms with Crippen LogP contribution in [0.15, 0.2) is 24.5 Å². The van der Waals surface area contributed by atoms with Gasteiger partial charge in [0, 0.05) is 6.07 Å². The molecule has 0 saturated heterocycles. The molecule has 2 nitrogen and oxygen atoms in total. The van der Waals surface area contributed by atoms with Crippen molar-refractivity contribution in [2.75, 3.05) is 0 Å². The third-order valence-corrected chi connectivity index (χ3v) is 13.7. The molecular weight excluding hydrogens is 604 g/mol. The average Bonchev–Trinajstić information content (AvgIpc) is 2.94. The van der Waals surface area contributed by atoms with Crippen LogP contribution in [-0.4, -0.2) is 25.2 Å². The predicted octanol–water partition coefficient (Wildman–Crippen LogP) is 12.4. The van der Waals surface area contributed by atoms with Gasteiger partial charge in [-0.15, -0.1) is 0 Å². The van der Waals surface area contributed by atoms with Gasteiger partial charge in [0.2, 0.25) is 6.33 Å². The van der Waals surface area contributed by atoms with Gasteiger partial charge in [-0.2, -0.15) is 13.2 Å². The number of nitrogens with zero attached hydrogens (tertiary/aromatic N) is 2. The quantitative estimate of drug-likeness (QED) is 0.177. The van der Waals surface area contributed by atoms with Gasteiger partial charge < -0.3 is 0 Å². The SMILES string of the molecule is CC(C)(C)P(Cn1c[n+](CP(C(C)(C)C)C(C)(C)C)c2ccc(C(F)(F)F)cc21)C(C)(C)C.F[P-](F)(F)(F)(F)F. The summed E-state index contributed by atoms with van der Waals surface area (Å²) in [5.41, 5.74) is 0.997. The normalized spacial score (nSPS) is 16.2. The van der Waals surface area contributed by atoms with E-state index in [0.717, 1.165) is 18.1 Å². The van der Waals surface area contributed by atoms with Gasteiger partial charge in [0.25, 0.3) is 0 Å². The first kappa shape index (κ1) is 37.4. The summed E-state index contributed by atoms with van der Waals surface area (Å²) >= 11 is 0. The third-order valence-electron chi connectivity index (χ3n) is 6.03. The van der Waals surface area contributed by atoms with Gasteiger partial charge in [-0.05, 0) is 32.8 Å². The minimum absolute atomic E-state index is 0.0834. The van der Waals surface area contributed by atoms with Crippen molar-refractivity contribution in [1.82, 2.24) is 4.57 Å². The number of rotatable bonds is 4. The third kappa shape index (κ3) is 12.7. The maximum atomic E-state index is 13.6. The molecule has 0 atom stereocenters. The molecule has 2 aromatic rings. The number of fused-ring (bicyclic) bond motifs is 1. The Labute approximate surface area is 234 Å². The van der Waals surface area contributed by atoms with Crippen LogP contribution in [0.5, 0.6) is 0 Å². The zero-order valence-electron chi connectivity index (χ0n) is 25.4. The first-order valence-corrected chi connectivity index (χ1v) is 17.8. The number of aromatic nitrogens is 2. The van der Waals surface area contributed by atoms with Gasteiger partial charge in [0.05, 0.1) is 5.56 Å². The molecular formula is C26H44F9N2P3. The standard InChI is InChI=1S/C26H44F3N2P2.F6P/c1-22(2,3)32(23(4,5)6)17-30-16-31(18-33(24(7,8)9)25(10,11)12)21-15-19(26(27,28)29)13-14-20(21)30;1-7(2,3,4,5)6/h13-16H,17-18H2,1-12H3;/q+1;-1. The Morgan fingerprint density at radius 1 is 0.675 bits per heavy atom. The summed E-state index contributed by atoms with van der Waals surface area (Å²) in [4.78, 5) is 0. The number of alkyl halides is 3. The number of halogens is 9. The Bertz CT molecular complexity index is 1140. The number of benzene rings is 1. The fourth-order valence-corrected chi connectivity index (χ4v) is 11.6. The summed E-state index contributed by atoms with van der Waals surface area (Å²) in [7, 11) is -11.6. The predicted molar refractivity (Wildman–Crippen MR) is 154 cm³/mol. The molecule has 0 aliphatic rings. The number of hydrogen-bond acceptors (Lipinski definition) is 0. The van der Waals surface area contributed by atoms with Crippen LogP contribution in [0.3, 0.4) is 0 Å². The van der Waals surface area contributed by atoms with Crippen molar-refractivity contribution >= 4 is 34.7 Å². The molecule has 0 N–H and O–H groups in total. The molecule has 0 saturated carbocycles. The second-order valence-electron chi connectivity index (χ2n) is 14.0. The molecule has 0 aliphatic heterocycles. The number of hydrogen-bond donors (Lipinski definition) is 0. The number of imidazole rings is 1. The fraction of sp³-hybridized carbons (Fsp3) is 0.731. The van der Waals surface area contributed by atoms with Crippen LogP contribution in [0, 0.1) is 0 Å². The maximum absolute atomic E-state index is 13.6. The van der Waals surface area contributed by atoms with Crippen molar-refractivity contribution in [3.63, 3.8) is 0 Å². The summed E-state index contributed by atoms with van der Waals surface area (Å²) in [6, 6.07) is 4.25. The van der Waals surface area contributed by atoms with E-state index in [2.05, 4.69) is 98.5 Å². The second-order valence-corrected chi connectivity index (χ2v) is 23.6. The van der Waals surface area contributed by atoms with Crippen LogP contribution in [-0.2, 0) is 18.7 Å². The van der Waals surface area contributed by atoms with Crippen LogP contribution in [0.2, 0.25) is 0 Å². The molecule has 1 heterocycles. The van der Waals surface area contributed by atoms with Gasteiger partial charge >= 0.3 is 39.2 Å². The molecule has 0 bridgehead atoms. The summed E-state index contributed by atoms with van der Waals surface area (Å²) in [5.74, 6) is 0. The van der Waals surface area contributed by atoms with E-state index >= 15 is 0 Å². The fourth-order valence-electron chi connectivity index (χ4n) is 4.86. The zero-order valence-corrected chi connectivity index (χ0v) is 28.0. The first-order chi connectivity index (χ1) is 17.0. The molecule has 0 aliphatic carbocycles. The van der Waals surface area contributed by atoms with Crippen molar-refractivity contribution in [2.45, 2.75) is 122 Å². The molecule has 236 valence electrons. The molecule has 0 radical (unpaired) electrons. The van der Waals surface area contributed by atoms with Crippen LogP contribution >= 0.6 is 23.7 Å². The molecule has 1 aromatic carbocycles. The van der Waals surface area contributed by atoms with Crippen LogP contribution in [0.1, 0.15) is 88.6 Å². The molecule has 40 heavy (non-hydrogen) atoms. The molecule has 0 spiro atoms. The van der Waals surface area contributed by atoms with E-state index in [0.29, 0.717) is 5.52 Å². The van der Waals surface area contributed by atoms with Gasteiger partial charge in [-0.1, -0.05) is 98.9 Å². The van der Waals surface area contributed by atoms with E-state index < -0.39 is 35.4 Å². The summed E-state index contributed by atoms with van der Waals surface area (Å²) in [6.07, 6.45) is -0.683. The van der Waals surface area contributed by atoms with Gasteiger partial charge in [0.1, 0.15) is 12.6 Å². The van der Waals surface area contributed by atoms with E-state index in [1.807, 2.05) is 0 Å². The van der Waals surface area contributed by atoms with E-state index in [9.17, 15) is 38.4 Å². The first-order valence-electron chi connectivity index (χ1n) is 12.7. The Hall–Kier alpha value is -0.650. The molecule has 0 amide bonds. The Morgan fingerprint density at radius 3 is 1.38 bits per heavy atom. The monoisotopic (exact) mass is 648 g/mol. The van der Waals surface area contributed by atoms with E-state index in [1.54, 1.807) is 6.07 Å². The average molecular weight is 649 g/mol. The topological polar surface area (TPSA) is 8.81 Å². The van der Waals surface area contributed by atoms with E-state index in [-0.39, 0.29) is 20.6 Å². The van der Waals surface area contributed by atoms with Crippen LogP contribution in [0.25, 0.3) is 11.0 Å². The van der Waals surface area contributed by atoms with Gasteiger partial charge in [0.15, 0.2) is 11.0 Å². The van der Waals surface area contributed by atoms with Gasteiger partial charge in [-0.25, -0.2) is 9.13 Å². The summed E-state index contributed by atoms with van der Waals surface area (Å²) < 4.78 is 104. The second kappa shape index (κ2) is 10.5. The molecule has 2 rings (SSSR count). The molecule has 1 aromatic heterocycles. The van der Waals surface area contributed by atoms with Crippen molar-refractivity contribution in [3.05, 3.63) is 30.1 Å². The Kier molecular flexibility index (Phi) is 9.82. The van der Waals surface area contributed by atoms with Crippen molar-refractivity contribution in [2.24, 2.45) is 0 Å². The summed E-state index contributed by atoms with van der Waals surface area (Å²) in [6.45, 7) is 27.2. The van der Waals surface area contributed by atoms with E-state index in [4.69, 9.17) is 0 Å². The Morgan fingerprint density at radius 2 is 1.05 bits per heavy atom. The van der Waals surface area contributed by atoms with Gasteiger partial charge in [-0.3, -0.25) is 0 Å². The summed E-state index contributed by atoms with van der Waals surface area (Å²) in [5, 5.41) is 0.425. The van der Waals surface area contributed by atoms with Crippen molar-refractivity contribution in [3.8, 4) is 0 Å². The Balaban J connectivity index is 0.00000101. The van der Waals surface area contributed by atoms with Crippen molar-refractivity contribution < 1.29 is 42.9 Å². The molecule has 0 unspecified atom stereocenters. The van der Waals surface area contributed by atoms with E-state index in [1.165, 1.54) is 12.1 Å². The molecule has 14 heteroatoms. The zero-order chi connectivity index (χ0) is 32.2. The van der Waals surface area contributed by atoms with Crippen LogP contribution in [0.4, 0.5) is 38.4 Å². The molecule has 0 fully saturated rings. The van der Waals surface area contributed by atoms with Crippen molar-refractivity contribution in [1.29, 1.82) is 0 Å². The minimum atomic E-state index is -10.7. The van der Waals surface area contributed by atoms with Crippen LogP contribution < -0.4 is 4.57 Å².